The first-order valence-corrected chi connectivity index (χ1v) is 7.52. The largest absolute Gasteiger partial charge is 0.384 e. The quantitative estimate of drug-likeness (QED) is 0.928. The summed E-state index contributed by atoms with van der Waals surface area (Å²) in [6.45, 7) is 5.22. The summed E-state index contributed by atoms with van der Waals surface area (Å²) in [5.41, 5.74) is 5.86. The predicted octanol–water partition coefficient (Wildman–Crippen LogP) is 3.09. The SMILES string of the molecule is Cc1ncsc1CN(C)CC1CNc2ccccc21. The molecule has 0 aliphatic carbocycles. The molecule has 2 aromatic rings. The summed E-state index contributed by atoms with van der Waals surface area (Å²) in [6, 6.07) is 8.64. The van der Waals surface area contributed by atoms with Gasteiger partial charge in [0, 0.05) is 36.1 Å². The van der Waals surface area contributed by atoms with Crippen LogP contribution in [0, 0.1) is 6.92 Å². The Labute approximate surface area is 118 Å². The van der Waals surface area contributed by atoms with E-state index >= 15 is 0 Å². The van der Waals surface area contributed by atoms with Crippen LogP contribution in [0.2, 0.25) is 0 Å². The molecule has 1 atom stereocenters. The number of rotatable bonds is 4. The molecule has 0 spiro atoms. The van der Waals surface area contributed by atoms with Gasteiger partial charge in [-0.3, -0.25) is 0 Å². The van der Waals surface area contributed by atoms with Crippen LogP contribution in [-0.4, -0.2) is 30.0 Å². The van der Waals surface area contributed by atoms with Gasteiger partial charge < -0.3 is 10.2 Å². The number of nitrogens with zero attached hydrogens (tertiary/aromatic N) is 2. The number of nitrogens with one attached hydrogen (secondary N) is 1. The maximum atomic E-state index is 4.32. The molecule has 0 radical (unpaired) electrons. The first-order valence-electron chi connectivity index (χ1n) is 6.64. The molecule has 100 valence electrons. The highest BCUT2D eigenvalue weighted by atomic mass is 32.1. The number of hydrogen-bond acceptors (Lipinski definition) is 4. The minimum absolute atomic E-state index is 0.592. The Morgan fingerprint density at radius 3 is 3.05 bits per heavy atom. The van der Waals surface area contributed by atoms with Gasteiger partial charge >= 0.3 is 0 Å². The Kier molecular flexibility index (Phi) is 3.53. The second-order valence-corrected chi connectivity index (χ2v) is 6.16. The first-order chi connectivity index (χ1) is 9.24. The highest BCUT2D eigenvalue weighted by Gasteiger charge is 2.22. The van der Waals surface area contributed by atoms with E-state index in [4.69, 9.17) is 0 Å². The lowest BCUT2D eigenvalue weighted by molar-refractivity contribution is 0.311. The van der Waals surface area contributed by atoms with E-state index in [1.807, 2.05) is 5.51 Å². The third kappa shape index (κ3) is 2.65. The van der Waals surface area contributed by atoms with E-state index in [2.05, 4.69) is 53.4 Å². The second kappa shape index (κ2) is 5.31. The van der Waals surface area contributed by atoms with Crippen LogP contribution >= 0.6 is 11.3 Å². The number of aromatic nitrogens is 1. The molecule has 3 nitrogen and oxygen atoms in total. The van der Waals surface area contributed by atoms with Gasteiger partial charge in [-0.1, -0.05) is 18.2 Å². The molecule has 1 aliphatic heterocycles. The molecule has 1 aliphatic rings. The minimum Gasteiger partial charge on any atom is -0.384 e. The number of thiazole rings is 1. The zero-order valence-corrected chi connectivity index (χ0v) is 12.2. The summed E-state index contributed by atoms with van der Waals surface area (Å²) in [7, 11) is 2.19. The van der Waals surface area contributed by atoms with Crippen LogP contribution in [0.5, 0.6) is 0 Å². The van der Waals surface area contributed by atoms with Crippen molar-refractivity contribution in [2.75, 3.05) is 25.5 Å². The highest BCUT2D eigenvalue weighted by molar-refractivity contribution is 7.09. The van der Waals surface area contributed by atoms with Crippen molar-refractivity contribution in [2.24, 2.45) is 0 Å². The van der Waals surface area contributed by atoms with Crippen molar-refractivity contribution < 1.29 is 0 Å². The average Bonchev–Trinajstić information content (AvgIpc) is 2.98. The highest BCUT2D eigenvalue weighted by Crippen LogP contribution is 2.31. The molecule has 1 N–H and O–H groups in total. The fourth-order valence-corrected chi connectivity index (χ4v) is 3.54. The van der Waals surface area contributed by atoms with Crippen LogP contribution < -0.4 is 5.32 Å². The Morgan fingerprint density at radius 1 is 1.42 bits per heavy atom. The van der Waals surface area contributed by atoms with Crippen LogP contribution in [0.1, 0.15) is 22.1 Å². The molecule has 0 saturated heterocycles. The first kappa shape index (κ1) is 12.6. The van der Waals surface area contributed by atoms with Crippen molar-refractivity contribution in [1.29, 1.82) is 0 Å². The summed E-state index contributed by atoms with van der Waals surface area (Å²) in [4.78, 5) is 8.09. The standard InChI is InChI=1S/C15H19N3S/c1-11-15(19-10-17-11)9-18(2)8-12-7-16-14-6-4-3-5-13(12)14/h3-6,10,12,16H,7-9H2,1-2H3. The van der Waals surface area contributed by atoms with E-state index < -0.39 is 0 Å². The number of para-hydroxylation sites is 1. The van der Waals surface area contributed by atoms with Crippen LogP contribution in [0.15, 0.2) is 29.8 Å². The zero-order chi connectivity index (χ0) is 13.2. The topological polar surface area (TPSA) is 28.2 Å². The Bertz CT molecular complexity index is 564. The van der Waals surface area contributed by atoms with Crippen LogP contribution in [0.3, 0.4) is 0 Å². The molecule has 19 heavy (non-hydrogen) atoms. The lowest BCUT2D eigenvalue weighted by Gasteiger charge is -2.20. The molecular formula is C15H19N3S. The lowest BCUT2D eigenvalue weighted by Crippen LogP contribution is -2.25. The summed E-state index contributed by atoms with van der Waals surface area (Å²) < 4.78 is 0. The predicted molar refractivity (Wildman–Crippen MR) is 80.9 cm³/mol. The third-order valence-corrected chi connectivity index (χ3v) is 4.65. The van der Waals surface area contributed by atoms with Gasteiger partial charge in [-0.2, -0.15) is 0 Å². The Morgan fingerprint density at radius 2 is 2.26 bits per heavy atom. The summed E-state index contributed by atoms with van der Waals surface area (Å²) in [6.07, 6.45) is 0. The number of anilines is 1. The minimum atomic E-state index is 0.592. The lowest BCUT2D eigenvalue weighted by atomic mass is 10.0. The van der Waals surface area contributed by atoms with E-state index in [-0.39, 0.29) is 0 Å². The number of aryl methyl sites for hydroxylation is 1. The fraction of sp³-hybridized carbons (Fsp3) is 0.400. The van der Waals surface area contributed by atoms with Gasteiger partial charge in [0.1, 0.15) is 0 Å². The van der Waals surface area contributed by atoms with Crippen molar-refractivity contribution in [2.45, 2.75) is 19.4 Å². The van der Waals surface area contributed by atoms with Gasteiger partial charge in [0.05, 0.1) is 11.2 Å². The molecule has 2 heterocycles. The molecule has 0 amide bonds. The molecule has 1 aromatic carbocycles. The van der Waals surface area contributed by atoms with Gasteiger partial charge in [-0.25, -0.2) is 4.98 Å². The Hall–Kier alpha value is -1.39. The molecule has 0 saturated carbocycles. The normalized spacial score (nSPS) is 17.5. The van der Waals surface area contributed by atoms with E-state index in [1.54, 1.807) is 11.3 Å². The third-order valence-electron chi connectivity index (χ3n) is 3.73. The number of likely N-dealkylation sites (N-methyl/N-ethyl adjacent to an activating group) is 1. The second-order valence-electron chi connectivity index (χ2n) is 5.22. The van der Waals surface area contributed by atoms with Crippen LogP contribution in [0.25, 0.3) is 0 Å². The molecule has 1 unspecified atom stereocenters. The van der Waals surface area contributed by atoms with Crippen molar-refractivity contribution in [1.82, 2.24) is 9.88 Å². The Balaban J connectivity index is 1.65. The van der Waals surface area contributed by atoms with Crippen molar-refractivity contribution in [3.05, 3.63) is 45.9 Å². The maximum absolute atomic E-state index is 4.32. The number of hydrogen-bond donors (Lipinski definition) is 1. The molecule has 0 bridgehead atoms. The van der Waals surface area contributed by atoms with Gasteiger partial charge in [0.25, 0.3) is 0 Å². The number of fused-ring (bicyclic) bond motifs is 1. The van der Waals surface area contributed by atoms with Crippen molar-refractivity contribution in [3.8, 4) is 0 Å². The summed E-state index contributed by atoms with van der Waals surface area (Å²) in [5, 5.41) is 3.49. The van der Waals surface area contributed by atoms with Gasteiger partial charge in [-0.05, 0) is 25.6 Å². The van der Waals surface area contributed by atoms with E-state index in [9.17, 15) is 0 Å². The monoisotopic (exact) mass is 273 g/mol. The van der Waals surface area contributed by atoms with Gasteiger partial charge in [-0.15, -0.1) is 11.3 Å². The van der Waals surface area contributed by atoms with E-state index in [0.717, 1.165) is 19.6 Å². The number of benzene rings is 1. The van der Waals surface area contributed by atoms with Crippen LogP contribution in [0.4, 0.5) is 5.69 Å². The molecule has 0 fully saturated rings. The van der Waals surface area contributed by atoms with Crippen molar-refractivity contribution >= 4 is 17.0 Å². The smallest absolute Gasteiger partial charge is 0.0798 e. The summed E-state index contributed by atoms with van der Waals surface area (Å²) >= 11 is 1.75. The van der Waals surface area contributed by atoms with E-state index in [1.165, 1.54) is 21.8 Å². The molecule has 1 aromatic heterocycles. The van der Waals surface area contributed by atoms with Gasteiger partial charge in [0.15, 0.2) is 0 Å². The molecular weight excluding hydrogens is 254 g/mol. The maximum Gasteiger partial charge on any atom is 0.0798 e. The molecule has 4 heteroatoms. The zero-order valence-electron chi connectivity index (χ0n) is 11.4. The molecule has 3 rings (SSSR count). The van der Waals surface area contributed by atoms with Crippen molar-refractivity contribution in [3.63, 3.8) is 0 Å². The van der Waals surface area contributed by atoms with Gasteiger partial charge in [0.2, 0.25) is 0 Å². The average molecular weight is 273 g/mol. The summed E-state index contributed by atoms with van der Waals surface area (Å²) in [5.74, 6) is 0.592. The van der Waals surface area contributed by atoms with E-state index in [0.29, 0.717) is 5.92 Å². The van der Waals surface area contributed by atoms with Crippen LogP contribution in [-0.2, 0) is 6.54 Å². The fourth-order valence-electron chi connectivity index (χ4n) is 2.68.